The van der Waals surface area contributed by atoms with Gasteiger partial charge in [0.1, 0.15) is 0 Å². The minimum absolute atomic E-state index is 0.427. The smallest absolute Gasteiger partial charge is 0.0698 e. The van der Waals surface area contributed by atoms with E-state index in [2.05, 4.69) is 51.9 Å². The van der Waals surface area contributed by atoms with Crippen LogP contribution < -0.4 is 5.32 Å². The Morgan fingerprint density at radius 1 is 1.29 bits per heavy atom. The zero-order chi connectivity index (χ0) is 15.2. The standard InChI is InChI=1S/C17H30BrN3/c1-4-6-13-7-9-14(10-8-13)16(19-3)17-15(18)12-20-21(17)11-5-2/h12-14,16,19H,4-11H2,1-3H3. The molecular weight excluding hydrogens is 326 g/mol. The molecule has 4 heteroatoms. The second kappa shape index (κ2) is 8.33. The van der Waals surface area contributed by atoms with E-state index in [-0.39, 0.29) is 0 Å². The number of rotatable bonds is 7. The predicted molar refractivity (Wildman–Crippen MR) is 92.4 cm³/mol. The highest BCUT2D eigenvalue weighted by molar-refractivity contribution is 9.10. The normalized spacial score (nSPS) is 24.2. The first-order valence-electron chi connectivity index (χ1n) is 8.59. The van der Waals surface area contributed by atoms with Crippen LogP contribution in [0.3, 0.4) is 0 Å². The number of aryl methyl sites for hydroxylation is 1. The van der Waals surface area contributed by atoms with Gasteiger partial charge in [-0.1, -0.05) is 39.5 Å². The monoisotopic (exact) mass is 355 g/mol. The molecule has 0 bridgehead atoms. The van der Waals surface area contributed by atoms with E-state index < -0.39 is 0 Å². The fraction of sp³-hybridized carbons (Fsp3) is 0.824. The van der Waals surface area contributed by atoms with Crippen LogP contribution in [0.5, 0.6) is 0 Å². The van der Waals surface area contributed by atoms with Gasteiger partial charge in [0.05, 0.1) is 22.4 Å². The molecule has 1 unspecified atom stereocenters. The molecule has 120 valence electrons. The summed E-state index contributed by atoms with van der Waals surface area (Å²) in [5.41, 5.74) is 1.35. The summed E-state index contributed by atoms with van der Waals surface area (Å²) in [5.74, 6) is 1.71. The molecule has 1 aliphatic rings. The van der Waals surface area contributed by atoms with Gasteiger partial charge in [-0.3, -0.25) is 4.68 Å². The van der Waals surface area contributed by atoms with Gasteiger partial charge in [-0.2, -0.15) is 5.10 Å². The van der Waals surface area contributed by atoms with Crippen LogP contribution in [-0.2, 0) is 6.54 Å². The largest absolute Gasteiger partial charge is 0.311 e. The summed E-state index contributed by atoms with van der Waals surface area (Å²) in [6.07, 6.45) is 11.3. The van der Waals surface area contributed by atoms with Crippen LogP contribution in [0.25, 0.3) is 0 Å². The van der Waals surface area contributed by atoms with E-state index in [0.717, 1.165) is 29.3 Å². The minimum atomic E-state index is 0.427. The van der Waals surface area contributed by atoms with Gasteiger partial charge in [0.25, 0.3) is 0 Å². The third-order valence-corrected chi connectivity index (χ3v) is 5.54. The highest BCUT2D eigenvalue weighted by Gasteiger charge is 2.30. The molecule has 1 atom stereocenters. The Hall–Kier alpha value is -0.350. The summed E-state index contributed by atoms with van der Waals surface area (Å²) in [6.45, 7) is 5.52. The van der Waals surface area contributed by atoms with Crippen LogP contribution in [0, 0.1) is 11.8 Å². The SMILES string of the molecule is CCCC1CCC(C(NC)c2c(Br)cnn2CCC)CC1. The number of nitrogens with one attached hydrogen (secondary N) is 1. The molecular formula is C17H30BrN3. The lowest BCUT2D eigenvalue weighted by atomic mass is 9.76. The van der Waals surface area contributed by atoms with Crippen molar-refractivity contribution in [1.29, 1.82) is 0 Å². The molecule has 1 heterocycles. The van der Waals surface area contributed by atoms with E-state index >= 15 is 0 Å². The predicted octanol–water partition coefficient (Wildman–Crippen LogP) is 4.92. The molecule has 0 saturated heterocycles. The Labute approximate surface area is 138 Å². The van der Waals surface area contributed by atoms with E-state index in [1.807, 2.05) is 6.20 Å². The maximum absolute atomic E-state index is 4.54. The Balaban J connectivity index is 2.08. The molecule has 1 N–H and O–H groups in total. The lowest BCUT2D eigenvalue weighted by Crippen LogP contribution is -2.31. The second-order valence-electron chi connectivity index (χ2n) is 6.44. The molecule has 0 aliphatic heterocycles. The number of halogens is 1. The first-order valence-corrected chi connectivity index (χ1v) is 9.38. The zero-order valence-corrected chi connectivity index (χ0v) is 15.3. The van der Waals surface area contributed by atoms with Crippen molar-refractivity contribution in [3.63, 3.8) is 0 Å². The molecule has 21 heavy (non-hydrogen) atoms. The molecule has 0 aromatic carbocycles. The Morgan fingerprint density at radius 3 is 2.57 bits per heavy atom. The second-order valence-corrected chi connectivity index (χ2v) is 7.29. The molecule has 3 nitrogen and oxygen atoms in total. The summed E-state index contributed by atoms with van der Waals surface area (Å²) < 4.78 is 3.34. The van der Waals surface area contributed by atoms with Gasteiger partial charge in [0.15, 0.2) is 0 Å². The van der Waals surface area contributed by atoms with Crippen LogP contribution in [0.2, 0.25) is 0 Å². The van der Waals surface area contributed by atoms with Crippen LogP contribution in [0.1, 0.15) is 70.5 Å². The van der Waals surface area contributed by atoms with Gasteiger partial charge in [-0.25, -0.2) is 0 Å². The molecule has 0 radical (unpaired) electrons. The van der Waals surface area contributed by atoms with E-state index in [0.29, 0.717) is 6.04 Å². The molecule has 1 aromatic heterocycles. The van der Waals surface area contributed by atoms with Crippen molar-refractivity contribution in [2.24, 2.45) is 11.8 Å². The van der Waals surface area contributed by atoms with E-state index in [4.69, 9.17) is 0 Å². The Bertz CT molecular complexity index is 422. The molecule has 1 fully saturated rings. The lowest BCUT2D eigenvalue weighted by molar-refractivity contribution is 0.213. The highest BCUT2D eigenvalue weighted by Crippen LogP contribution is 2.40. The van der Waals surface area contributed by atoms with Crippen LogP contribution >= 0.6 is 15.9 Å². The van der Waals surface area contributed by atoms with Crippen molar-refractivity contribution in [2.45, 2.75) is 71.4 Å². The Morgan fingerprint density at radius 2 is 2.00 bits per heavy atom. The van der Waals surface area contributed by atoms with Gasteiger partial charge in [-0.15, -0.1) is 0 Å². The number of nitrogens with zero attached hydrogens (tertiary/aromatic N) is 2. The summed E-state index contributed by atoms with van der Waals surface area (Å²) in [6, 6.07) is 0.427. The highest BCUT2D eigenvalue weighted by atomic mass is 79.9. The van der Waals surface area contributed by atoms with Crippen LogP contribution in [-0.4, -0.2) is 16.8 Å². The zero-order valence-electron chi connectivity index (χ0n) is 13.7. The maximum Gasteiger partial charge on any atom is 0.0698 e. The maximum atomic E-state index is 4.54. The third-order valence-electron chi connectivity index (χ3n) is 4.93. The van der Waals surface area contributed by atoms with Gasteiger partial charge in [0.2, 0.25) is 0 Å². The Kier molecular flexibility index (Phi) is 6.74. The van der Waals surface area contributed by atoms with Crippen molar-refractivity contribution in [3.05, 3.63) is 16.4 Å². The van der Waals surface area contributed by atoms with E-state index in [1.54, 1.807) is 0 Å². The molecule has 2 rings (SSSR count). The lowest BCUT2D eigenvalue weighted by Gasteiger charge is -2.34. The fourth-order valence-corrected chi connectivity index (χ4v) is 4.43. The van der Waals surface area contributed by atoms with Crippen molar-refractivity contribution in [3.8, 4) is 0 Å². The average Bonchev–Trinajstić information content (AvgIpc) is 2.84. The van der Waals surface area contributed by atoms with Crippen molar-refractivity contribution in [2.75, 3.05) is 7.05 Å². The third kappa shape index (κ3) is 4.10. The van der Waals surface area contributed by atoms with Crippen LogP contribution in [0.15, 0.2) is 10.7 Å². The number of hydrogen-bond acceptors (Lipinski definition) is 2. The van der Waals surface area contributed by atoms with Gasteiger partial charge in [-0.05, 0) is 54.1 Å². The molecule has 0 spiro atoms. The minimum Gasteiger partial charge on any atom is -0.311 e. The van der Waals surface area contributed by atoms with Crippen molar-refractivity contribution in [1.82, 2.24) is 15.1 Å². The summed E-state index contributed by atoms with van der Waals surface area (Å²) in [4.78, 5) is 0. The number of hydrogen-bond donors (Lipinski definition) is 1. The van der Waals surface area contributed by atoms with Gasteiger partial charge in [0, 0.05) is 6.54 Å². The molecule has 0 amide bonds. The molecule has 1 aliphatic carbocycles. The first-order chi connectivity index (χ1) is 10.2. The molecule has 1 aromatic rings. The van der Waals surface area contributed by atoms with Crippen molar-refractivity contribution < 1.29 is 0 Å². The first kappa shape index (κ1) is 17.0. The van der Waals surface area contributed by atoms with E-state index in [9.17, 15) is 0 Å². The van der Waals surface area contributed by atoms with Gasteiger partial charge < -0.3 is 5.32 Å². The number of aromatic nitrogens is 2. The quantitative estimate of drug-likeness (QED) is 0.751. The summed E-state index contributed by atoms with van der Waals surface area (Å²) in [7, 11) is 2.10. The van der Waals surface area contributed by atoms with Crippen LogP contribution in [0.4, 0.5) is 0 Å². The topological polar surface area (TPSA) is 29.9 Å². The summed E-state index contributed by atoms with van der Waals surface area (Å²) >= 11 is 3.71. The van der Waals surface area contributed by atoms with Gasteiger partial charge >= 0.3 is 0 Å². The molecule has 1 saturated carbocycles. The summed E-state index contributed by atoms with van der Waals surface area (Å²) in [5, 5.41) is 8.11. The van der Waals surface area contributed by atoms with E-state index in [1.165, 1.54) is 44.2 Å². The average molecular weight is 356 g/mol. The fourth-order valence-electron chi connectivity index (χ4n) is 3.89. The van der Waals surface area contributed by atoms with Crippen molar-refractivity contribution >= 4 is 15.9 Å².